The fourth-order valence-electron chi connectivity index (χ4n) is 2.64. The molecule has 5 heteroatoms. The quantitative estimate of drug-likeness (QED) is 0.762. The SMILES string of the molecule is COc1[c]cc(F)c(-c2ccc(-c3ccccc3O)c(C(N)=O)c2)c1. The van der Waals surface area contributed by atoms with E-state index in [2.05, 4.69) is 6.07 Å². The minimum Gasteiger partial charge on any atom is -0.507 e. The zero-order valence-electron chi connectivity index (χ0n) is 13.4. The van der Waals surface area contributed by atoms with Crippen molar-refractivity contribution in [3.05, 3.63) is 72.0 Å². The van der Waals surface area contributed by atoms with Crippen molar-refractivity contribution in [2.24, 2.45) is 5.73 Å². The van der Waals surface area contributed by atoms with E-state index in [-0.39, 0.29) is 16.9 Å². The molecule has 125 valence electrons. The van der Waals surface area contributed by atoms with Gasteiger partial charge in [-0.1, -0.05) is 30.3 Å². The molecule has 0 aliphatic heterocycles. The summed E-state index contributed by atoms with van der Waals surface area (Å²) >= 11 is 0. The molecule has 1 radical (unpaired) electrons. The Morgan fingerprint density at radius 1 is 1.12 bits per heavy atom. The van der Waals surface area contributed by atoms with E-state index in [1.807, 2.05) is 0 Å². The van der Waals surface area contributed by atoms with Crippen LogP contribution in [0.3, 0.4) is 0 Å². The lowest BCUT2D eigenvalue weighted by atomic mass is 9.94. The molecule has 0 atom stereocenters. The normalized spacial score (nSPS) is 10.5. The Bertz CT molecular complexity index is 953. The molecule has 3 aromatic rings. The molecular weight excluding hydrogens is 321 g/mol. The largest absolute Gasteiger partial charge is 0.507 e. The molecule has 0 saturated heterocycles. The molecule has 0 spiro atoms. The lowest BCUT2D eigenvalue weighted by Gasteiger charge is -2.12. The summed E-state index contributed by atoms with van der Waals surface area (Å²) in [5, 5.41) is 10.0. The molecule has 0 aliphatic rings. The Balaban J connectivity index is 2.19. The maximum absolute atomic E-state index is 14.2. The van der Waals surface area contributed by atoms with Crippen LogP contribution in [0.2, 0.25) is 0 Å². The standard InChI is InChI=1S/C20H15FNO3/c1-25-13-7-9-18(21)16(11-13)12-6-8-14(17(10-12)20(22)24)15-4-2-3-5-19(15)23/h2-6,8-11,23H,1H3,(H2,22,24). The summed E-state index contributed by atoms with van der Waals surface area (Å²) in [7, 11) is 1.46. The molecule has 3 aromatic carbocycles. The van der Waals surface area contributed by atoms with Crippen LogP contribution in [0.25, 0.3) is 22.3 Å². The average molecular weight is 336 g/mol. The van der Waals surface area contributed by atoms with Crippen LogP contribution in [0.1, 0.15) is 10.4 Å². The Hall–Kier alpha value is -3.34. The third-order valence-corrected chi connectivity index (χ3v) is 3.88. The number of benzene rings is 3. The van der Waals surface area contributed by atoms with Crippen molar-refractivity contribution in [1.82, 2.24) is 0 Å². The van der Waals surface area contributed by atoms with Crippen molar-refractivity contribution in [1.29, 1.82) is 0 Å². The number of nitrogens with two attached hydrogens (primary N) is 1. The van der Waals surface area contributed by atoms with Crippen LogP contribution in [0.4, 0.5) is 4.39 Å². The predicted molar refractivity (Wildman–Crippen MR) is 92.8 cm³/mol. The summed E-state index contributed by atoms with van der Waals surface area (Å²) < 4.78 is 19.2. The number of phenols is 1. The van der Waals surface area contributed by atoms with Crippen molar-refractivity contribution >= 4 is 5.91 Å². The first kappa shape index (κ1) is 16.5. The highest BCUT2D eigenvalue weighted by molar-refractivity contribution is 6.01. The van der Waals surface area contributed by atoms with Crippen molar-refractivity contribution in [2.75, 3.05) is 7.11 Å². The number of hydrogen-bond donors (Lipinski definition) is 2. The van der Waals surface area contributed by atoms with Crippen molar-refractivity contribution in [3.8, 4) is 33.8 Å². The number of phenolic OH excluding ortho intramolecular Hbond substituents is 1. The molecule has 0 heterocycles. The number of carbonyl (C=O) groups excluding carboxylic acids is 1. The van der Waals surface area contributed by atoms with Crippen LogP contribution in [-0.4, -0.2) is 18.1 Å². The summed E-state index contributed by atoms with van der Waals surface area (Å²) in [5.41, 5.74) is 7.37. The molecule has 0 fully saturated rings. The molecule has 1 amide bonds. The van der Waals surface area contributed by atoms with E-state index in [1.165, 1.54) is 31.4 Å². The van der Waals surface area contributed by atoms with Gasteiger partial charge in [0.15, 0.2) is 0 Å². The van der Waals surface area contributed by atoms with E-state index in [0.717, 1.165) is 0 Å². The predicted octanol–water partition coefficient (Wildman–Crippen LogP) is 3.77. The molecular formula is C20H15FNO3. The number of methoxy groups -OCH3 is 1. The summed E-state index contributed by atoms with van der Waals surface area (Å²) in [6, 6.07) is 16.7. The van der Waals surface area contributed by atoms with Crippen molar-refractivity contribution < 1.29 is 19.0 Å². The smallest absolute Gasteiger partial charge is 0.249 e. The lowest BCUT2D eigenvalue weighted by Crippen LogP contribution is -2.12. The number of halogens is 1. The van der Waals surface area contributed by atoms with Gasteiger partial charge in [-0.2, -0.15) is 0 Å². The molecule has 0 saturated carbocycles. The molecule has 4 nitrogen and oxygen atoms in total. The van der Waals surface area contributed by atoms with Crippen LogP contribution in [0.15, 0.2) is 54.6 Å². The minimum absolute atomic E-state index is 0.0277. The van der Waals surface area contributed by atoms with Gasteiger partial charge in [-0.05, 0) is 35.4 Å². The average Bonchev–Trinajstić information content (AvgIpc) is 2.62. The van der Waals surface area contributed by atoms with Crippen LogP contribution < -0.4 is 10.5 Å². The maximum Gasteiger partial charge on any atom is 0.249 e. The molecule has 0 aromatic heterocycles. The van der Waals surface area contributed by atoms with Gasteiger partial charge in [0.25, 0.3) is 0 Å². The van der Waals surface area contributed by atoms with E-state index in [1.54, 1.807) is 30.3 Å². The molecule has 0 aliphatic carbocycles. The number of primary amides is 1. The first-order valence-corrected chi connectivity index (χ1v) is 7.49. The number of rotatable bonds is 4. The first-order chi connectivity index (χ1) is 12.0. The van der Waals surface area contributed by atoms with E-state index in [4.69, 9.17) is 10.5 Å². The number of amides is 1. The number of ether oxygens (including phenoxy) is 1. The minimum atomic E-state index is -0.671. The lowest BCUT2D eigenvalue weighted by molar-refractivity contribution is 0.100. The number of para-hydroxylation sites is 1. The van der Waals surface area contributed by atoms with Crippen LogP contribution >= 0.6 is 0 Å². The van der Waals surface area contributed by atoms with Gasteiger partial charge >= 0.3 is 0 Å². The van der Waals surface area contributed by atoms with Gasteiger partial charge in [-0.25, -0.2) is 4.39 Å². The summed E-state index contributed by atoms with van der Waals surface area (Å²) in [6.07, 6.45) is 0. The Morgan fingerprint density at radius 3 is 2.56 bits per heavy atom. The fourth-order valence-corrected chi connectivity index (χ4v) is 2.64. The van der Waals surface area contributed by atoms with Gasteiger partial charge in [0.2, 0.25) is 5.91 Å². The fraction of sp³-hybridized carbons (Fsp3) is 0.0500. The molecule has 3 rings (SSSR count). The zero-order chi connectivity index (χ0) is 18.0. The summed E-state index contributed by atoms with van der Waals surface area (Å²) in [4.78, 5) is 11.9. The van der Waals surface area contributed by atoms with Gasteiger partial charge in [-0.3, -0.25) is 4.79 Å². The maximum atomic E-state index is 14.2. The van der Waals surface area contributed by atoms with Crippen molar-refractivity contribution in [3.63, 3.8) is 0 Å². The highest BCUT2D eigenvalue weighted by Gasteiger charge is 2.16. The second-order valence-electron chi connectivity index (χ2n) is 5.40. The molecule has 3 N–H and O–H groups in total. The van der Waals surface area contributed by atoms with E-state index >= 15 is 0 Å². The van der Waals surface area contributed by atoms with Crippen LogP contribution in [0, 0.1) is 11.9 Å². The van der Waals surface area contributed by atoms with E-state index in [9.17, 15) is 14.3 Å². The molecule has 0 unspecified atom stereocenters. The highest BCUT2D eigenvalue weighted by atomic mass is 19.1. The zero-order valence-corrected chi connectivity index (χ0v) is 13.4. The second kappa shape index (κ2) is 6.65. The third-order valence-electron chi connectivity index (χ3n) is 3.88. The summed E-state index contributed by atoms with van der Waals surface area (Å²) in [5.74, 6) is -0.761. The topological polar surface area (TPSA) is 72.6 Å². The van der Waals surface area contributed by atoms with Gasteiger partial charge < -0.3 is 15.6 Å². The number of hydrogen-bond acceptors (Lipinski definition) is 3. The highest BCUT2D eigenvalue weighted by Crippen LogP contribution is 2.35. The third kappa shape index (κ3) is 3.17. The van der Waals surface area contributed by atoms with Crippen molar-refractivity contribution in [2.45, 2.75) is 0 Å². The number of carbonyl (C=O) groups is 1. The van der Waals surface area contributed by atoms with Gasteiger partial charge in [0, 0.05) is 22.8 Å². The van der Waals surface area contributed by atoms with E-state index in [0.29, 0.717) is 22.4 Å². The second-order valence-corrected chi connectivity index (χ2v) is 5.40. The monoisotopic (exact) mass is 336 g/mol. The molecule has 0 bridgehead atoms. The van der Waals surface area contributed by atoms with Crippen LogP contribution in [-0.2, 0) is 0 Å². The van der Waals surface area contributed by atoms with E-state index < -0.39 is 11.7 Å². The summed E-state index contributed by atoms with van der Waals surface area (Å²) in [6.45, 7) is 0. The van der Waals surface area contributed by atoms with Gasteiger partial charge in [0.1, 0.15) is 17.3 Å². The Kier molecular flexibility index (Phi) is 4.39. The van der Waals surface area contributed by atoms with Crippen LogP contribution in [0.5, 0.6) is 11.5 Å². The Morgan fingerprint density at radius 2 is 1.88 bits per heavy atom. The number of aromatic hydroxyl groups is 1. The van der Waals surface area contributed by atoms with Gasteiger partial charge in [0.05, 0.1) is 7.11 Å². The first-order valence-electron chi connectivity index (χ1n) is 7.49. The van der Waals surface area contributed by atoms with Gasteiger partial charge in [-0.15, -0.1) is 0 Å². The molecule has 25 heavy (non-hydrogen) atoms. The Labute approximate surface area is 144 Å².